The van der Waals surface area contributed by atoms with Gasteiger partial charge in [-0.05, 0) is 30.0 Å². The third-order valence-corrected chi connectivity index (χ3v) is 3.11. The number of carbonyl (C=O) groups excluding carboxylic acids is 1. The lowest BCUT2D eigenvalue weighted by molar-refractivity contribution is -0.122. The second kappa shape index (κ2) is 7.17. The summed E-state index contributed by atoms with van der Waals surface area (Å²) in [5.74, 6) is 0.140. The molecule has 0 spiro atoms. The molecule has 1 N–H and O–H groups in total. The Labute approximate surface area is 116 Å². The van der Waals surface area contributed by atoms with Crippen molar-refractivity contribution in [1.82, 2.24) is 5.32 Å². The van der Waals surface area contributed by atoms with Crippen LogP contribution in [0.3, 0.4) is 0 Å². The van der Waals surface area contributed by atoms with Crippen LogP contribution in [0, 0.1) is 17.2 Å². The minimum absolute atomic E-state index is 0.0570. The van der Waals surface area contributed by atoms with Crippen molar-refractivity contribution in [3.8, 4) is 6.07 Å². The smallest absolute Gasteiger partial charge is 0.228 e. The highest BCUT2D eigenvalue weighted by Gasteiger charge is 2.21. The fourth-order valence-corrected chi connectivity index (χ4v) is 2.26. The van der Waals surface area contributed by atoms with Crippen molar-refractivity contribution in [2.75, 3.05) is 6.54 Å². The highest BCUT2D eigenvalue weighted by molar-refractivity contribution is 9.10. The maximum Gasteiger partial charge on any atom is 0.228 e. The maximum absolute atomic E-state index is 12.1. The normalized spacial score (nSPS) is 11.9. The Morgan fingerprint density at radius 2 is 2.22 bits per heavy atom. The first kappa shape index (κ1) is 14.7. The number of nitriles is 1. The molecule has 0 aliphatic heterocycles. The molecule has 96 valence electrons. The van der Waals surface area contributed by atoms with Gasteiger partial charge in [0.15, 0.2) is 0 Å². The molecule has 3 nitrogen and oxygen atoms in total. The zero-order chi connectivity index (χ0) is 13.5. The van der Waals surface area contributed by atoms with Crippen LogP contribution in [0.25, 0.3) is 0 Å². The van der Waals surface area contributed by atoms with E-state index in [0.717, 1.165) is 16.5 Å². The topological polar surface area (TPSA) is 52.9 Å². The lowest BCUT2D eigenvalue weighted by Gasteiger charge is -2.18. The largest absolute Gasteiger partial charge is 0.342 e. The van der Waals surface area contributed by atoms with Gasteiger partial charge in [0, 0.05) is 4.47 Å². The van der Waals surface area contributed by atoms with Crippen LogP contribution in [0.2, 0.25) is 0 Å². The van der Waals surface area contributed by atoms with Crippen LogP contribution >= 0.6 is 15.9 Å². The second-order valence-electron chi connectivity index (χ2n) is 4.61. The average molecular weight is 309 g/mol. The van der Waals surface area contributed by atoms with Crippen molar-refractivity contribution in [3.63, 3.8) is 0 Å². The Morgan fingerprint density at radius 3 is 2.78 bits per heavy atom. The highest BCUT2D eigenvalue weighted by Crippen LogP contribution is 2.26. The van der Waals surface area contributed by atoms with E-state index in [1.54, 1.807) is 0 Å². The third-order valence-electron chi connectivity index (χ3n) is 2.62. The number of nitrogens with zero attached hydrogens (tertiary/aromatic N) is 1. The summed E-state index contributed by atoms with van der Waals surface area (Å²) in [6, 6.07) is 9.69. The molecule has 0 bridgehead atoms. The molecule has 0 heterocycles. The molecule has 1 amide bonds. The van der Waals surface area contributed by atoms with Crippen molar-refractivity contribution in [1.29, 1.82) is 5.26 Å². The van der Waals surface area contributed by atoms with Crippen LogP contribution in [-0.4, -0.2) is 12.5 Å². The van der Waals surface area contributed by atoms with Crippen LogP contribution in [0.4, 0.5) is 0 Å². The van der Waals surface area contributed by atoms with E-state index in [2.05, 4.69) is 35.1 Å². The molecular formula is C14H17BrN2O. The van der Waals surface area contributed by atoms with Gasteiger partial charge in [0.2, 0.25) is 5.91 Å². The van der Waals surface area contributed by atoms with E-state index in [4.69, 9.17) is 5.26 Å². The third kappa shape index (κ3) is 4.50. The Balaban J connectivity index is 2.91. The number of amides is 1. The molecular weight excluding hydrogens is 292 g/mol. The molecule has 0 aliphatic carbocycles. The summed E-state index contributed by atoms with van der Waals surface area (Å²) < 4.78 is 0.960. The van der Waals surface area contributed by atoms with E-state index < -0.39 is 0 Å². The monoisotopic (exact) mass is 308 g/mol. The van der Waals surface area contributed by atoms with Crippen LogP contribution in [0.5, 0.6) is 0 Å². The summed E-state index contributed by atoms with van der Waals surface area (Å²) in [5.41, 5.74) is 0.980. The molecule has 1 aromatic carbocycles. The van der Waals surface area contributed by atoms with Crippen LogP contribution in [0.1, 0.15) is 31.7 Å². The minimum atomic E-state index is -0.198. The van der Waals surface area contributed by atoms with Gasteiger partial charge in [-0.25, -0.2) is 0 Å². The molecule has 1 aromatic rings. The highest BCUT2D eigenvalue weighted by atomic mass is 79.9. The molecule has 4 heteroatoms. The zero-order valence-corrected chi connectivity index (χ0v) is 12.2. The van der Waals surface area contributed by atoms with Gasteiger partial charge in [0.25, 0.3) is 0 Å². The number of hydrogen-bond donors (Lipinski definition) is 1. The maximum atomic E-state index is 12.1. The number of benzene rings is 1. The van der Waals surface area contributed by atoms with Gasteiger partial charge in [-0.2, -0.15) is 5.26 Å². The Morgan fingerprint density at radius 1 is 1.50 bits per heavy atom. The number of carbonyl (C=O) groups is 1. The molecule has 1 rings (SSSR count). The van der Waals surface area contributed by atoms with E-state index in [1.807, 2.05) is 30.3 Å². The SMILES string of the molecule is CC(C)C[C@H](C(=O)NCC#N)c1cccc(Br)c1. The predicted molar refractivity (Wildman–Crippen MR) is 75.0 cm³/mol. The van der Waals surface area contributed by atoms with Gasteiger partial charge in [0.1, 0.15) is 6.54 Å². The van der Waals surface area contributed by atoms with Gasteiger partial charge >= 0.3 is 0 Å². The standard InChI is InChI=1S/C14H17BrN2O/c1-10(2)8-13(14(18)17-7-6-16)11-4-3-5-12(15)9-11/h3-5,9-10,13H,7-8H2,1-2H3,(H,17,18)/t13-/m0/s1. The number of halogens is 1. The van der Waals surface area contributed by atoms with Crippen molar-refractivity contribution in [2.24, 2.45) is 5.92 Å². The van der Waals surface area contributed by atoms with Crippen molar-refractivity contribution in [2.45, 2.75) is 26.2 Å². The number of hydrogen-bond acceptors (Lipinski definition) is 2. The first-order valence-corrected chi connectivity index (χ1v) is 6.74. The zero-order valence-electron chi connectivity index (χ0n) is 10.6. The summed E-state index contributed by atoms with van der Waals surface area (Å²) in [6.07, 6.45) is 0.772. The molecule has 18 heavy (non-hydrogen) atoms. The summed E-state index contributed by atoms with van der Waals surface area (Å²) >= 11 is 3.41. The first-order valence-electron chi connectivity index (χ1n) is 5.94. The molecule has 0 unspecified atom stereocenters. The molecule has 0 aliphatic rings. The van der Waals surface area contributed by atoms with Gasteiger partial charge in [0.05, 0.1) is 12.0 Å². The molecule has 0 fully saturated rings. The van der Waals surface area contributed by atoms with E-state index >= 15 is 0 Å². The van der Waals surface area contributed by atoms with E-state index in [-0.39, 0.29) is 18.4 Å². The van der Waals surface area contributed by atoms with Gasteiger partial charge in [-0.3, -0.25) is 4.79 Å². The summed E-state index contributed by atoms with van der Waals surface area (Å²) in [7, 11) is 0. The van der Waals surface area contributed by atoms with Gasteiger partial charge < -0.3 is 5.32 Å². The molecule has 1 atom stereocenters. The van der Waals surface area contributed by atoms with Crippen molar-refractivity contribution >= 4 is 21.8 Å². The second-order valence-corrected chi connectivity index (χ2v) is 5.53. The van der Waals surface area contributed by atoms with Crippen LogP contribution in [-0.2, 0) is 4.79 Å². The van der Waals surface area contributed by atoms with E-state index in [9.17, 15) is 4.79 Å². The first-order chi connectivity index (χ1) is 8.54. The number of rotatable bonds is 5. The van der Waals surface area contributed by atoms with Crippen LogP contribution in [0.15, 0.2) is 28.7 Å². The molecule has 0 saturated heterocycles. The Hall–Kier alpha value is -1.34. The minimum Gasteiger partial charge on any atom is -0.342 e. The van der Waals surface area contributed by atoms with Gasteiger partial charge in [-0.1, -0.05) is 41.9 Å². The number of nitrogens with one attached hydrogen (secondary N) is 1. The van der Waals surface area contributed by atoms with Crippen molar-refractivity contribution < 1.29 is 4.79 Å². The van der Waals surface area contributed by atoms with Crippen molar-refractivity contribution in [3.05, 3.63) is 34.3 Å². The lowest BCUT2D eigenvalue weighted by Crippen LogP contribution is -2.30. The van der Waals surface area contributed by atoms with Crippen LogP contribution < -0.4 is 5.32 Å². The fourth-order valence-electron chi connectivity index (χ4n) is 1.84. The summed E-state index contributed by atoms with van der Waals surface area (Å²) in [6.45, 7) is 4.23. The quantitative estimate of drug-likeness (QED) is 0.849. The van der Waals surface area contributed by atoms with E-state index in [1.165, 1.54) is 0 Å². The van der Waals surface area contributed by atoms with Gasteiger partial charge in [-0.15, -0.1) is 0 Å². The van der Waals surface area contributed by atoms with E-state index in [0.29, 0.717) is 5.92 Å². The summed E-state index contributed by atoms with van der Waals surface area (Å²) in [4.78, 5) is 12.1. The average Bonchev–Trinajstić information content (AvgIpc) is 2.32. The predicted octanol–water partition coefficient (Wildman–Crippen LogP) is 3.22. The lowest BCUT2D eigenvalue weighted by atomic mass is 9.89. The Kier molecular flexibility index (Phi) is 5.87. The summed E-state index contributed by atoms with van der Waals surface area (Å²) in [5, 5.41) is 11.2. The molecule has 0 aromatic heterocycles. The molecule has 0 radical (unpaired) electrons. The molecule has 0 saturated carbocycles. The Bertz CT molecular complexity index is 451. The fraction of sp³-hybridized carbons (Fsp3) is 0.429.